The van der Waals surface area contributed by atoms with E-state index in [1.54, 1.807) is 17.0 Å². The molecule has 0 spiro atoms. The van der Waals surface area contributed by atoms with Crippen LogP contribution in [-0.4, -0.2) is 49.6 Å². The van der Waals surface area contributed by atoms with Gasteiger partial charge in [-0.05, 0) is 37.1 Å². The summed E-state index contributed by atoms with van der Waals surface area (Å²) >= 11 is 6.01. The molecule has 6 nitrogen and oxygen atoms in total. The second-order valence-electron chi connectivity index (χ2n) is 7.54. The van der Waals surface area contributed by atoms with E-state index in [-0.39, 0.29) is 11.9 Å². The fraction of sp³-hybridized carbons (Fsp3) is 0.273. The zero-order chi connectivity index (χ0) is 21.3. The minimum absolute atomic E-state index is 0.0679. The van der Waals surface area contributed by atoms with Crippen molar-refractivity contribution in [3.63, 3.8) is 0 Å². The van der Waals surface area contributed by atoms with E-state index in [9.17, 15) is 13.2 Å². The van der Waals surface area contributed by atoms with Gasteiger partial charge in [-0.1, -0.05) is 41.9 Å². The van der Waals surface area contributed by atoms with Crippen molar-refractivity contribution in [2.45, 2.75) is 18.9 Å². The first-order valence-electron chi connectivity index (χ1n) is 9.72. The van der Waals surface area contributed by atoms with Gasteiger partial charge < -0.3 is 4.90 Å². The number of sulfonamides is 1. The van der Waals surface area contributed by atoms with Crippen molar-refractivity contribution in [2.75, 3.05) is 19.3 Å². The van der Waals surface area contributed by atoms with Crippen LogP contribution >= 0.6 is 11.6 Å². The molecule has 0 saturated carbocycles. The SMILES string of the molecule is CS(=O)(=O)NC1CCN(C(=O)c2cc(-c3ccc(Cl)cc3)nc3ccccc23)CC1. The minimum atomic E-state index is -3.25. The van der Waals surface area contributed by atoms with Crippen molar-refractivity contribution in [3.8, 4) is 11.3 Å². The third kappa shape index (κ3) is 4.64. The predicted molar refractivity (Wildman–Crippen MR) is 119 cm³/mol. The number of aromatic nitrogens is 1. The summed E-state index contributed by atoms with van der Waals surface area (Å²) in [6.45, 7) is 0.998. The van der Waals surface area contributed by atoms with Gasteiger partial charge in [0.25, 0.3) is 5.91 Å². The molecular weight excluding hydrogens is 422 g/mol. The average Bonchev–Trinajstić information content (AvgIpc) is 2.72. The minimum Gasteiger partial charge on any atom is -0.339 e. The number of hydrogen-bond acceptors (Lipinski definition) is 4. The number of pyridine rings is 1. The summed E-state index contributed by atoms with van der Waals surface area (Å²) in [5.74, 6) is -0.0679. The van der Waals surface area contributed by atoms with E-state index in [1.165, 1.54) is 0 Å². The molecular formula is C22H22ClN3O3S. The highest BCUT2D eigenvalue weighted by Gasteiger charge is 2.26. The standard InChI is InChI=1S/C22H22ClN3O3S/c1-30(28,29)25-17-10-12-26(13-11-17)22(27)19-14-21(15-6-8-16(23)9-7-15)24-20-5-3-2-4-18(19)20/h2-9,14,17,25H,10-13H2,1H3. The Morgan fingerprint density at radius 1 is 1.10 bits per heavy atom. The zero-order valence-corrected chi connectivity index (χ0v) is 18.1. The number of benzene rings is 2. The largest absolute Gasteiger partial charge is 0.339 e. The topological polar surface area (TPSA) is 79.4 Å². The van der Waals surface area contributed by atoms with E-state index >= 15 is 0 Å². The summed E-state index contributed by atoms with van der Waals surface area (Å²) in [6.07, 6.45) is 2.34. The molecule has 1 N–H and O–H groups in total. The molecule has 1 aliphatic rings. The Morgan fingerprint density at radius 3 is 2.43 bits per heavy atom. The van der Waals surface area contributed by atoms with Crippen LogP contribution in [0.25, 0.3) is 22.2 Å². The molecule has 1 fully saturated rings. The molecule has 0 atom stereocenters. The highest BCUT2D eigenvalue weighted by molar-refractivity contribution is 7.88. The van der Waals surface area contributed by atoms with Crippen LogP contribution in [0.1, 0.15) is 23.2 Å². The molecule has 30 heavy (non-hydrogen) atoms. The van der Waals surface area contributed by atoms with Gasteiger partial charge in [0.1, 0.15) is 0 Å². The molecule has 1 amide bonds. The number of nitrogens with zero attached hydrogens (tertiary/aromatic N) is 2. The number of para-hydroxylation sites is 1. The van der Waals surface area contributed by atoms with Crippen molar-refractivity contribution in [1.82, 2.24) is 14.6 Å². The molecule has 2 heterocycles. The number of halogens is 1. The number of likely N-dealkylation sites (tertiary alicyclic amines) is 1. The van der Waals surface area contributed by atoms with Crippen LogP contribution in [0.5, 0.6) is 0 Å². The molecule has 1 aromatic heterocycles. The maximum atomic E-state index is 13.4. The molecule has 4 rings (SSSR count). The van der Waals surface area contributed by atoms with Crippen LogP contribution in [0.15, 0.2) is 54.6 Å². The first-order valence-corrected chi connectivity index (χ1v) is 12.0. The Kier molecular flexibility index (Phi) is 5.77. The summed E-state index contributed by atoms with van der Waals surface area (Å²) in [4.78, 5) is 19.9. The monoisotopic (exact) mass is 443 g/mol. The number of carbonyl (C=O) groups excluding carboxylic acids is 1. The molecule has 3 aromatic rings. The Bertz CT molecular complexity index is 1190. The maximum absolute atomic E-state index is 13.4. The second-order valence-corrected chi connectivity index (χ2v) is 9.75. The van der Waals surface area contributed by atoms with E-state index in [1.807, 2.05) is 42.5 Å². The van der Waals surface area contributed by atoms with E-state index in [0.29, 0.717) is 42.2 Å². The summed E-state index contributed by atoms with van der Waals surface area (Å²) in [7, 11) is -3.25. The molecule has 2 aromatic carbocycles. The molecule has 0 radical (unpaired) electrons. The lowest BCUT2D eigenvalue weighted by Gasteiger charge is -2.32. The Morgan fingerprint density at radius 2 is 1.77 bits per heavy atom. The van der Waals surface area contributed by atoms with E-state index in [2.05, 4.69) is 4.72 Å². The van der Waals surface area contributed by atoms with E-state index < -0.39 is 10.0 Å². The third-order valence-corrected chi connectivity index (χ3v) is 6.26. The lowest BCUT2D eigenvalue weighted by molar-refractivity contribution is 0.0713. The van der Waals surface area contributed by atoms with E-state index in [0.717, 1.165) is 22.7 Å². The van der Waals surface area contributed by atoms with Crippen LogP contribution in [0, 0.1) is 0 Å². The lowest BCUT2D eigenvalue weighted by atomic mass is 10.0. The Balaban J connectivity index is 1.64. The number of hydrogen-bond donors (Lipinski definition) is 1. The highest BCUT2D eigenvalue weighted by Crippen LogP contribution is 2.27. The summed E-state index contributed by atoms with van der Waals surface area (Å²) in [5.41, 5.74) is 2.94. The lowest BCUT2D eigenvalue weighted by Crippen LogP contribution is -2.46. The average molecular weight is 444 g/mol. The molecule has 0 aliphatic carbocycles. The van der Waals surface area contributed by atoms with Crippen LogP contribution in [-0.2, 0) is 10.0 Å². The number of nitrogens with one attached hydrogen (secondary N) is 1. The fourth-order valence-electron chi connectivity index (χ4n) is 3.79. The van der Waals surface area contributed by atoms with Gasteiger partial charge in [-0.15, -0.1) is 0 Å². The summed E-state index contributed by atoms with van der Waals surface area (Å²) in [6, 6.07) is 16.7. The Hall–Kier alpha value is -2.48. The van der Waals surface area contributed by atoms with Crippen molar-refractivity contribution < 1.29 is 13.2 Å². The molecule has 156 valence electrons. The first kappa shape index (κ1) is 20.8. The quantitative estimate of drug-likeness (QED) is 0.666. The molecule has 1 aliphatic heterocycles. The number of piperidine rings is 1. The first-order chi connectivity index (χ1) is 14.3. The second kappa shape index (κ2) is 8.34. The van der Waals surface area contributed by atoms with E-state index in [4.69, 9.17) is 16.6 Å². The number of rotatable bonds is 4. The van der Waals surface area contributed by atoms with Crippen LogP contribution in [0.3, 0.4) is 0 Å². The van der Waals surface area contributed by atoms with Crippen molar-refractivity contribution in [2.24, 2.45) is 0 Å². The van der Waals surface area contributed by atoms with Gasteiger partial charge in [-0.25, -0.2) is 18.1 Å². The number of carbonyl (C=O) groups is 1. The van der Waals surface area contributed by atoms with Crippen LogP contribution in [0.2, 0.25) is 5.02 Å². The van der Waals surface area contributed by atoms with Crippen molar-refractivity contribution in [1.29, 1.82) is 0 Å². The van der Waals surface area contributed by atoms with Gasteiger partial charge in [0.05, 0.1) is 23.0 Å². The van der Waals surface area contributed by atoms with Gasteiger partial charge in [0.2, 0.25) is 10.0 Å². The molecule has 8 heteroatoms. The van der Waals surface area contributed by atoms with Gasteiger partial charge in [0.15, 0.2) is 0 Å². The van der Waals surface area contributed by atoms with Gasteiger partial charge in [-0.3, -0.25) is 4.79 Å². The normalized spacial score (nSPS) is 15.5. The number of fused-ring (bicyclic) bond motifs is 1. The van der Waals surface area contributed by atoms with Crippen LogP contribution < -0.4 is 4.72 Å². The van der Waals surface area contributed by atoms with Gasteiger partial charge >= 0.3 is 0 Å². The zero-order valence-electron chi connectivity index (χ0n) is 16.5. The van der Waals surface area contributed by atoms with Gasteiger partial charge in [0, 0.05) is 35.1 Å². The smallest absolute Gasteiger partial charge is 0.254 e. The fourth-order valence-corrected chi connectivity index (χ4v) is 4.76. The summed E-state index contributed by atoms with van der Waals surface area (Å²) < 4.78 is 25.6. The van der Waals surface area contributed by atoms with Crippen LogP contribution in [0.4, 0.5) is 0 Å². The Labute approximate surface area is 180 Å². The van der Waals surface area contributed by atoms with Crippen molar-refractivity contribution in [3.05, 3.63) is 65.2 Å². The summed E-state index contributed by atoms with van der Waals surface area (Å²) in [5, 5.41) is 1.44. The van der Waals surface area contributed by atoms with Gasteiger partial charge in [-0.2, -0.15) is 0 Å². The highest BCUT2D eigenvalue weighted by atomic mass is 35.5. The maximum Gasteiger partial charge on any atom is 0.254 e. The number of amides is 1. The van der Waals surface area contributed by atoms with Crippen molar-refractivity contribution >= 4 is 38.4 Å². The predicted octanol–water partition coefficient (Wildman–Crippen LogP) is 3.71. The third-order valence-electron chi connectivity index (χ3n) is 5.25. The molecule has 1 saturated heterocycles. The molecule has 0 bridgehead atoms. The molecule has 0 unspecified atom stereocenters.